The molecule has 1 aromatic heterocycles. The molecule has 0 aliphatic heterocycles. The zero-order valence-corrected chi connectivity index (χ0v) is 11.3. The summed E-state index contributed by atoms with van der Waals surface area (Å²) >= 11 is 3.00. The Morgan fingerprint density at radius 2 is 1.79 bits per heavy atom. The smallest absolute Gasteiger partial charge is 0.267 e. The maximum atomic E-state index is 11.9. The van der Waals surface area contributed by atoms with Crippen LogP contribution in [-0.2, 0) is 7.05 Å². The van der Waals surface area contributed by atoms with Crippen LogP contribution in [-0.4, -0.2) is 14.3 Å². The molecular formula is C11H8BrN3O4. The van der Waals surface area contributed by atoms with Crippen LogP contribution >= 0.6 is 15.9 Å². The second-order valence-electron chi connectivity index (χ2n) is 3.74. The molecule has 0 fully saturated rings. The summed E-state index contributed by atoms with van der Waals surface area (Å²) in [4.78, 5) is 33.6. The maximum absolute atomic E-state index is 11.9. The van der Waals surface area contributed by atoms with Gasteiger partial charge in [-0.3, -0.25) is 19.7 Å². The van der Waals surface area contributed by atoms with Crippen LogP contribution in [0.2, 0.25) is 0 Å². The van der Waals surface area contributed by atoms with E-state index in [9.17, 15) is 19.7 Å². The van der Waals surface area contributed by atoms with Gasteiger partial charge >= 0.3 is 0 Å². The van der Waals surface area contributed by atoms with Gasteiger partial charge in [-0.05, 0) is 28.1 Å². The molecule has 0 N–H and O–H groups in total. The Labute approximate surface area is 115 Å². The summed E-state index contributed by atoms with van der Waals surface area (Å²) in [5.74, 6) is 0. The Bertz CT molecular complexity index is 761. The average Bonchev–Trinajstić information content (AvgIpc) is 2.37. The van der Waals surface area contributed by atoms with Crippen molar-refractivity contribution in [2.45, 2.75) is 0 Å². The number of rotatable bonds is 2. The Balaban J connectivity index is 2.66. The standard InChI is InChI=1S/C11H8BrN3O4/c1-13-11(17)9(12)6-10(16)14(13)7-2-4-8(5-3-7)15(18)19/h2-6H,1H3. The van der Waals surface area contributed by atoms with E-state index in [0.717, 1.165) is 15.4 Å². The first-order valence-electron chi connectivity index (χ1n) is 5.15. The van der Waals surface area contributed by atoms with Crippen molar-refractivity contribution in [2.24, 2.45) is 7.05 Å². The number of halogens is 1. The first-order chi connectivity index (χ1) is 8.91. The lowest BCUT2D eigenvalue weighted by Gasteiger charge is -2.11. The molecule has 1 heterocycles. The summed E-state index contributed by atoms with van der Waals surface area (Å²) in [6, 6.07) is 6.52. The van der Waals surface area contributed by atoms with Crippen molar-refractivity contribution in [3.63, 3.8) is 0 Å². The molecule has 0 saturated heterocycles. The molecule has 0 saturated carbocycles. The topological polar surface area (TPSA) is 87.1 Å². The fourth-order valence-electron chi connectivity index (χ4n) is 1.64. The number of nitro groups is 1. The zero-order valence-electron chi connectivity index (χ0n) is 9.74. The normalized spacial score (nSPS) is 10.4. The summed E-state index contributed by atoms with van der Waals surface area (Å²) in [6.07, 6.45) is 0. The Kier molecular flexibility index (Phi) is 3.34. The maximum Gasteiger partial charge on any atom is 0.279 e. The van der Waals surface area contributed by atoms with Gasteiger partial charge in [0.1, 0.15) is 0 Å². The number of hydrogen-bond acceptors (Lipinski definition) is 4. The van der Waals surface area contributed by atoms with E-state index in [2.05, 4.69) is 15.9 Å². The number of nitrogens with zero attached hydrogens (tertiary/aromatic N) is 3. The van der Waals surface area contributed by atoms with Gasteiger partial charge in [0.25, 0.3) is 16.8 Å². The monoisotopic (exact) mass is 325 g/mol. The SMILES string of the molecule is Cn1c(=O)c(Br)cc(=O)n1-c1ccc([N+](=O)[O-])cc1. The molecule has 0 unspecified atom stereocenters. The molecule has 0 aliphatic rings. The fraction of sp³-hybridized carbons (Fsp3) is 0.0909. The third-order valence-corrected chi connectivity index (χ3v) is 3.13. The van der Waals surface area contributed by atoms with Gasteiger partial charge < -0.3 is 0 Å². The van der Waals surface area contributed by atoms with Crippen LogP contribution in [0.4, 0.5) is 5.69 Å². The highest BCUT2D eigenvalue weighted by Crippen LogP contribution is 2.13. The van der Waals surface area contributed by atoms with E-state index < -0.39 is 10.5 Å². The molecule has 2 rings (SSSR count). The third-order valence-electron chi connectivity index (χ3n) is 2.56. The van der Waals surface area contributed by atoms with Gasteiger partial charge in [0.2, 0.25) is 0 Å². The van der Waals surface area contributed by atoms with E-state index in [1.54, 1.807) is 0 Å². The van der Waals surface area contributed by atoms with Crippen LogP contribution in [0.15, 0.2) is 44.4 Å². The summed E-state index contributed by atoms with van der Waals surface area (Å²) in [6.45, 7) is 0. The molecule has 2 aromatic rings. The van der Waals surface area contributed by atoms with Crippen molar-refractivity contribution < 1.29 is 4.92 Å². The van der Waals surface area contributed by atoms with Crippen molar-refractivity contribution in [3.05, 3.63) is 65.6 Å². The van der Waals surface area contributed by atoms with E-state index in [1.807, 2.05) is 0 Å². The predicted octanol–water partition coefficient (Wildman–Crippen LogP) is 1.21. The van der Waals surface area contributed by atoms with Gasteiger partial charge in [0.15, 0.2) is 0 Å². The lowest BCUT2D eigenvalue weighted by Crippen LogP contribution is -2.35. The van der Waals surface area contributed by atoms with Crippen molar-refractivity contribution in [1.29, 1.82) is 0 Å². The molecule has 19 heavy (non-hydrogen) atoms. The van der Waals surface area contributed by atoms with Crippen LogP contribution in [0, 0.1) is 10.1 Å². The Morgan fingerprint density at radius 3 is 2.32 bits per heavy atom. The predicted molar refractivity (Wildman–Crippen MR) is 71.6 cm³/mol. The van der Waals surface area contributed by atoms with Gasteiger partial charge in [-0.2, -0.15) is 0 Å². The van der Waals surface area contributed by atoms with Gasteiger partial charge in [-0.1, -0.05) is 0 Å². The average molecular weight is 326 g/mol. The van der Waals surface area contributed by atoms with Crippen molar-refractivity contribution in [1.82, 2.24) is 9.36 Å². The van der Waals surface area contributed by atoms with Crippen LogP contribution in [0.3, 0.4) is 0 Å². The highest BCUT2D eigenvalue weighted by atomic mass is 79.9. The molecule has 8 heteroatoms. The van der Waals surface area contributed by atoms with Crippen LogP contribution < -0.4 is 11.1 Å². The quantitative estimate of drug-likeness (QED) is 0.613. The van der Waals surface area contributed by atoms with Crippen molar-refractivity contribution in [2.75, 3.05) is 0 Å². The fourth-order valence-corrected chi connectivity index (χ4v) is 2.09. The first-order valence-corrected chi connectivity index (χ1v) is 5.95. The molecule has 98 valence electrons. The van der Waals surface area contributed by atoms with Gasteiger partial charge in [0, 0.05) is 25.2 Å². The summed E-state index contributed by atoms with van der Waals surface area (Å²) in [7, 11) is 1.44. The molecule has 0 atom stereocenters. The zero-order chi connectivity index (χ0) is 14.2. The minimum absolute atomic E-state index is 0.0843. The molecule has 1 aromatic carbocycles. The van der Waals surface area contributed by atoms with Crippen LogP contribution in [0.1, 0.15) is 0 Å². The van der Waals surface area contributed by atoms with Gasteiger partial charge in [-0.15, -0.1) is 0 Å². The van der Waals surface area contributed by atoms with E-state index in [-0.39, 0.29) is 15.7 Å². The molecule has 0 spiro atoms. The van der Waals surface area contributed by atoms with E-state index >= 15 is 0 Å². The number of benzene rings is 1. The number of nitro benzene ring substituents is 1. The van der Waals surface area contributed by atoms with Gasteiger partial charge in [0.05, 0.1) is 15.1 Å². The molecule has 0 aliphatic carbocycles. The molecule has 0 radical (unpaired) electrons. The lowest BCUT2D eigenvalue weighted by molar-refractivity contribution is -0.384. The molecule has 7 nitrogen and oxygen atoms in total. The largest absolute Gasteiger partial charge is 0.279 e. The van der Waals surface area contributed by atoms with E-state index in [4.69, 9.17) is 0 Å². The van der Waals surface area contributed by atoms with Crippen LogP contribution in [0.25, 0.3) is 5.69 Å². The molecular weight excluding hydrogens is 318 g/mol. The second kappa shape index (κ2) is 4.81. The molecule has 0 bridgehead atoms. The van der Waals surface area contributed by atoms with Crippen molar-refractivity contribution >= 4 is 21.6 Å². The highest BCUT2D eigenvalue weighted by Gasteiger charge is 2.10. The van der Waals surface area contributed by atoms with E-state index in [1.165, 1.54) is 31.3 Å². The summed E-state index contributed by atoms with van der Waals surface area (Å²) < 4.78 is 2.43. The number of aromatic nitrogens is 2. The highest BCUT2D eigenvalue weighted by molar-refractivity contribution is 9.10. The number of non-ortho nitro benzene ring substituents is 1. The summed E-state index contributed by atoms with van der Waals surface area (Å²) in [5.41, 5.74) is -0.498. The van der Waals surface area contributed by atoms with Gasteiger partial charge in [-0.25, -0.2) is 9.36 Å². The second-order valence-corrected chi connectivity index (χ2v) is 4.60. The molecule has 0 amide bonds. The first kappa shape index (κ1) is 13.2. The lowest BCUT2D eigenvalue weighted by atomic mass is 10.3. The minimum Gasteiger partial charge on any atom is -0.267 e. The Hall–Kier alpha value is -2.22. The minimum atomic E-state index is -0.535. The summed E-state index contributed by atoms with van der Waals surface area (Å²) in [5, 5.41) is 10.6. The van der Waals surface area contributed by atoms with E-state index in [0.29, 0.717) is 5.69 Å². The Morgan fingerprint density at radius 1 is 1.21 bits per heavy atom. The third kappa shape index (κ3) is 2.34. The van der Waals surface area contributed by atoms with Crippen LogP contribution in [0.5, 0.6) is 0 Å². The van der Waals surface area contributed by atoms with Crippen molar-refractivity contribution in [3.8, 4) is 5.69 Å². The number of hydrogen-bond donors (Lipinski definition) is 0.